The Bertz CT molecular complexity index is 886. The van der Waals surface area contributed by atoms with E-state index < -0.39 is 0 Å². The first kappa shape index (κ1) is 19.7. The molecule has 1 aromatic carbocycles. The first-order valence-corrected chi connectivity index (χ1v) is 10.4. The molecule has 1 atom stereocenters. The van der Waals surface area contributed by atoms with Gasteiger partial charge in [-0.15, -0.1) is 0 Å². The van der Waals surface area contributed by atoms with Crippen LogP contribution in [0.1, 0.15) is 59.8 Å². The van der Waals surface area contributed by atoms with Crippen molar-refractivity contribution in [1.29, 1.82) is 0 Å². The predicted octanol–water partition coefficient (Wildman–Crippen LogP) is 3.04. The van der Waals surface area contributed by atoms with Gasteiger partial charge >= 0.3 is 0 Å². The summed E-state index contributed by atoms with van der Waals surface area (Å²) in [6.45, 7) is 7.24. The minimum atomic E-state index is -0.0102. The van der Waals surface area contributed by atoms with Crippen LogP contribution >= 0.6 is 0 Å². The number of carbonyl (C=O) groups excluding carboxylic acids is 2. The maximum atomic E-state index is 12.9. The van der Waals surface area contributed by atoms with E-state index in [0.717, 1.165) is 54.9 Å². The Labute approximate surface area is 172 Å². The third-order valence-corrected chi connectivity index (χ3v) is 5.95. The third kappa shape index (κ3) is 4.37. The summed E-state index contributed by atoms with van der Waals surface area (Å²) in [5.41, 5.74) is 4.08. The van der Waals surface area contributed by atoms with Crippen molar-refractivity contribution in [2.75, 3.05) is 19.6 Å². The molecule has 2 aliphatic rings. The largest absolute Gasteiger partial charge is 0.341 e. The maximum Gasteiger partial charge on any atom is 0.236 e. The quantitative estimate of drug-likeness (QED) is 0.732. The van der Waals surface area contributed by atoms with Crippen LogP contribution in [0.15, 0.2) is 36.8 Å². The highest BCUT2D eigenvalue weighted by Crippen LogP contribution is 2.28. The lowest BCUT2D eigenvalue weighted by Crippen LogP contribution is -2.43. The number of rotatable bonds is 5. The lowest BCUT2D eigenvalue weighted by Gasteiger charge is -2.34. The van der Waals surface area contributed by atoms with Crippen molar-refractivity contribution in [1.82, 2.24) is 19.8 Å². The van der Waals surface area contributed by atoms with Crippen LogP contribution in [0.4, 0.5) is 0 Å². The zero-order valence-electron chi connectivity index (χ0n) is 17.2. The molecule has 0 aliphatic carbocycles. The number of nitrogens with zero attached hydrogens (tertiary/aromatic N) is 4. The molecule has 1 saturated heterocycles. The number of amides is 1. The SMILES string of the molecule is CC(C)C(=O)c1cccc([C@@H]2CCCN(C(=O)CN3Cc4cncnc4C3)C2)c1. The van der Waals surface area contributed by atoms with Gasteiger partial charge in [-0.2, -0.15) is 0 Å². The van der Waals surface area contributed by atoms with E-state index in [1.54, 1.807) is 6.33 Å². The molecule has 0 N–H and O–H groups in total. The molecule has 1 amide bonds. The van der Waals surface area contributed by atoms with E-state index in [9.17, 15) is 9.59 Å². The van der Waals surface area contributed by atoms with Gasteiger partial charge in [-0.1, -0.05) is 32.0 Å². The summed E-state index contributed by atoms with van der Waals surface area (Å²) in [6.07, 6.45) is 5.45. The molecule has 2 aromatic rings. The van der Waals surface area contributed by atoms with Crippen molar-refractivity contribution in [2.24, 2.45) is 5.92 Å². The molecule has 4 rings (SSSR count). The summed E-state index contributed by atoms with van der Waals surface area (Å²) >= 11 is 0. The molecule has 2 aliphatic heterocycles. The molecule has 0 bridgehead atoms. The number of piperidine rings is 1. The second-order valence-corrected chi connectivity index (χ2v) is 8.46. The van der Waals surface area contributed by atoms with Crippen LogP contribution < -0.4 is 0 Å². The van der Waals surface area contributed by atoms with Crippen molar-refractivity contribution in [3.63, 3.8) is 0 Å². The average Bonchev–Trinajstić information content (AvgIpc) is 3.15. The molecule has 0 spiro atoms. The molecule has 1 fully saturated rings. The van der Waals surface area contributed by atoms with Crippen molar-refractivity contribution >= 4 is 11.7 Å². The summed E-state index contributed by atoms with van der Waals surface area (Å²) in [5.74, 6) is 0.621. The Kier molecular flexibility index (Phi) is 5.72. The first-order chi connectivity index (χ1) is 14.0. The van der Waals surface area contributed by atoms with Gasteiger partial charge in [-0.05, 0) is 24.5 Å². The van der Waals surface area contributed by atoms with Crippen LogP contribution in [0.25, 0.3) is 0 Å². The van der Waals surface area contributed by atoms with Gasteiger partial charge in [0.05, 0.1) is 12.2 Å². The maximum absolute atomic E-state index is 12.9. The molecule has 3 heterocycles. The Morgan fingerprint density at radius 1 is 1.24 bits per heavy atom. The monoisotopic (exact) mass is 392 g/mol. The van der Waals surface area contributed by atoms with Gasteiger partial charge in [0.1, 0.15) is 6.33 Å². The lowest BCUT2D eigenvalue weighted by atomic mass is 9.88. The zero-order valence-corrected chi connectivity index (χ0v) is 17.2. The highest BCUT2D eigenvalue weighted by molar-refractivity contribution is 5.97. The molecule has 0 saturated carbocycles. The third-order valence-electron chi connectivity index (χ3n) is 5.95. The number of hydrogen-bond acceptors (Lipinski definition) is 5. The highest BCUT2D eigenvalue weighted by atomic mass is 16.2. The number of ketones is 1. The number of carbonyl (C=O) groups is 2. The van der Waals surface area contributed by atoms with Gasteiger partial charge < -0.3 is 4.90 Å². The van der Waals surface area contributed by atoms with Crippen molar-refractivity contribution < 1.29 is 9.59 Å². The first-order valence-electron chi connectivity index (χ1n) is 10.4. The number of benzene rings is 1. The normalized spacial score (nSPS) is 19.4. The number of likely N-dealkylation sites (tertiary alicyclic amines) is 1. The lowest BCUT2D eigenvalue weighted by molar-refractivity contribution is -0.133. The molecule has 152 valence electrons. The van der Waals surface area contributed by atoms with Gasteiger partial charge in [-0.3, -0.25) is 14.5 Å². The summed E-state index contributed by atoms with van der Waals surface area (Å²) in [5, 5.41) is 0. The number of hydrogen-bond donors (Lipinski definition) is 0. The van der Waals surface area contributed by atoms with E-state index >= 15 is 0 Å². The number of aromatic nitrogens is 2. The molecule has 1 aromatic heterocycles. The molecular formula is C23H28N4O2. The second-order valence-electron chi connectivity index (χ2n) is 8.46. The zero-order chi connectivity index (χ0) is 20.4. The number of fused-ring (bicyclic) bond motifs is 1. The fourth-order valence-electron chi connectivity index (χ4n) is 4.32. The van der Waals surface area contributed by atoms with Crippen LogP contribution in [0.5, 0.6) is 0 Å². The smallest absolute Gasteiger partial charge is 0.236 e. The standard InChI is InChI=1S/C23H28N4O2/c1-16(2)23(29)18-6-3-5-17(9-18)19-7-4-8-27(12-19)22(28)14-26-11-20-10-24-15-25-21(20)13-26/h3,5-6,9-10,15-16,19H,4,7-8,11-14H2,1-2H3/t19-/m1/s1. The van der Waals surface area contributed by atoms with Gasteiger partial charge in [-0.25, -0.2) is 9.97 Å². The molecule has 29 heavy (non-hydrogen) atoms. The molecule has 6 nitrogen and oxygen atoms in total. The van der Waals surface area contributed by atoms with Crippen LogP contribution in [0, 0.1) is 5.92 Å². The summed E-state index contributed by atoms with van der Waals surface area (Å²) < 4.78 is 0. The van der Waals surface area contributed by atoms with Gasteiger partial charge in [0, 0.05) is 55.3 Å². The average molecular weight is 393 g/mol. The van der Waals surface area contributed by atoms with Gasteiger partial charge in [0.25, 0.3) is 0 Å². The van der Waals surface area contributed by atoms with E-state index in [1.165, 1.54) is 0 Å². The Balaban J connectivity index is 1.39. The Hall–Kier alpha value is -2.60. The minimum absolute atomic E-state index is 0.0102. The predicted molar refractivity (Wildman–Crippen MR) is 110 cm³/mol. The van der Waals surface area contributed by atoms with Crippen LogP contribution in [-0.2, 0) is 17.9 Å². The van der Waals surface area contributed by atoms with Gasteiger partial charge in [0.15, 0.2) is 5.78 Å². The van der Waals surface area contributed by atoms with E-state index in [2.05, 4.69) is 20.9 Å². The molecule has 0 radical (unpaired) electrons. The summed E-state index contributed by atoms with van der Waals surface area (Å²) in [6, 6.07) is 7.97. The van der Waals surface area contributed by atoms with E-state index in [1.807, 2.05) is 43.1 Å². The fourth-order valence-corrected chi connectivity index (χ4v) is 4.32. The van der Waals surface area contributed by atoms with Gasteiger partial charge in [0.2, 0.25) is 5.91 Å². The molecule has 0 unspecified atom stereocenters. The van der Waals surface area contributed by atoms with Crippen LogP contribution in [0.2, 0.25) is 0 Å². The molecule has 6 heteroatoms. The second kappa shape index (κ2) is 8.41. The molecular weight excluding hydrogens is 364 g/mol. The van der Waals surface area contributed by atoms with Crippen molar-refractivity contribution in [2.45, 2.75) is 45.7 Å². The van der Waals surface area contributed by atoms with E-state index in [4.69, 9.17) is 0 Å². The summed E-state index contributed by atoms with van der Waals surface area (Å²) in [4.78, 5) is 37.8. The van der Waals surface area contributed by atoms with E-state index in [-0.39, 0.29) is 23.5 Å². The van der Waals surface area contributed by atoms with Crippen molar-refractivity contribution in [3.8, 4) is 0 Å². The topological polar surface area (TPSA) is 66.4 Å². The van der Waals surface area contributed by atoms with E-state index in [0.29, 0.717) is 13.1 Å². The fraction of sp³-hybridized carbons (Fsp3) is 0.478. The number of Topliss-reactive ketones (excluding diaryl/α,β-unsaturated/α-hetero) is 1. The van der Waals surface area contributed by atoms with Crippen LogP contribution in [-0.4, -0.2) is 51.1 Å². The van der Waals surface area contributed by atoms with Crippen molar-refractivity contribution in [3.05, 3.63) is 59.2 Å². The Morgan fingerprint density at radius 3 is 2.90 bits per heavy atom. The van der Waals surface area contributed by atoms with Crippen LogP contribution in [0.3, 0.4) is 0 Å². The summed E-state index contributed by atoms with van der Waals surface area (Å²) in [7, 11) is 0. The highest BCUT2D eigenvalue weighted by Gasteiger charge is 2.28. The Morgan fingerprint density at radius 2 is 2.10 bits per heavy atom. The minimum Gasteiger partial charge on any atom is -0.341 e.